The molecule has 0 radical (unpaired) electrons. The van der Waals surface area contributed by atoms with Crippen molar-refractivity contribution < 1.29 is 37.0 Å². The molecule has 1 fully saturated rings. The molecule has 24 heavy (non-hydrogen) atoms. The Morgan fingerprint density at radius 3 is 2.54 bits per heavy atom. The van der Waals surface area contributed by atoms with Crippen molar-refractivity contribution in [1.29, 1.82) is 0 Å². The zero-order valence-electron chi connectivity index (χ0n) is 12.5. The number of carbonyl (C=O) groups is 4. The predicted molar refractivity (Wildman–Crippen MR) is 73.4 cm³/mol. The number of nitrogens with one attached hydrogen (secondary N) is 1. The normalized spacial score (nSPS) is 21.8. The number of nitrogens with zero attached hydrogens (tertiary/aromatic N) is 3. The van der Waals surface area contributed by atoms with E-state index in [9.17, 15) is 27.6 Å². The molecular weight excluding hydrogens is 348 g/mol. The van der Waals surface area contributed by atoms with Gasteiger partial charge in [-0.05, 0) is 6.92 Å². The van der Waals surface area contributed by atoms with Gasteiger partial charge in [0, 0.05) is 12.8 Å². The minimum atomic E-state index is -4.79. The van der Waals surface area contributed by atoms with Crippen molar-refractivity contribution in [2.24, 2.45) is 10.2 Å². The second-order valence-corrected chi connectivity index (χ2v) is 6.99. The Morgan fingerprint density at radius 2 is 2.04 bits per heavy atom. The van der Waals surface area contributed by atoms with Crippen LogP contribution in [0.25, 0.3) is 0 Å². The number of hydrogen-bond acceptors (Lipinski definition) is 9. The second kappa shape index (κ2) is 6.24. The van der Waals surface area contributed by atoms with Gasteiger partial charge in [0.25, 0.3) is 21.9 Å². The van der Waals surface area contributed by atoms with Crippen LogP contribution in [0, 0.1) is 0 Å². The lowest BCUT2D eigenvalue weighted by molar-refractivity contribution is -0.196. The smallest absolute Gasteiger partial charge is 0.345 e. The fraction of sp³-hybridized carbons (Fsp3) is 0.636. The second-order valence-electron chi connectivity index (χ2n) is 5.39. The maximum Gasteiger partial charge on any atom is 0.352 e. The van der Waals surface area contributed by atoms with Crippen molar-refractivity contribution in [2.45, 2.75) is 37.1 Å². The van der Waals surface area contributed by atoms with Gasteiger partial charge in [-0.3, -0.25) is 18.9 Å². The van der Waals surface area contributed by atoms with Gasteiger partial charge in [0.2, 0.25) is 5.91 Å². The molecule has 2 heterocycles. The molecule has 1 atom stereocenters. The number of hydrogen-bond donors (Lipinski definition) is 2. The average Bonchev–Trinajstić information content (AvgIpc) is 3.15. The van der Waals surface area contributed by atoms with Gasteiger partial charge < -0.3 is 10.2 Å². The van der Waals surface area contributed by atoms with Crippen molar-refractivity contribution in [3.63, 3.8) is 0 Å². The van der Waals surface area contributed by atoms with Crippen LogP contribution in [0.15, 0.2) is 10.2 Å². The van der Waals surface area contributed by atoms with Crippen LogP contribution in [-0.2, 0) is 34.1 Å². The Balaban J connectivity index is 1.78. The van der Waals surface area contributed by atoms with E-state index in [1.807, 2.05) is 0 Å². The third-order valence-corrected chi connectivity index (χ3v) is 4.40. The van der Waals surface area contributed by atoms with Gasteiger partial charge >= 0.3 is 5.97 Å². The highest BCUT2D eigenvalue weighted by Gasteiger charge is 2.48. The summed E-state index contributed by atoms with van der Waals surface area (Å²) < 4.78 is 30.7. The molecule has 0 aliphatic carbocycles. The lowest BCUT2D eigenvalue weighted by Crippen LogP contribution is -2.40. The van der Waals surface area contributed by atoms with Crippen LogP contribution in [0.2, 0.25) is 0 Å². The Bertz CT molecular complexity index is 724. The summed E-state index contributed by atoms with van der Waals surface area (Å²) in [5.74, 6) is -4.09. The zero-order valence-corrected chi connectivity index (χ0v) is 13.3. The third-order valence-electron chi connectivity index (χ3n) is 3.31. The Labute approximate surface area is 135 Å². The molecule has 0 aromatic heterocycles. The minimum absolute atomic E-state index is 0.0318. The van der Waals surface area contributed by atoms with Crippen LogP contribution in [0.4, 0.5) is 0 Å². The summed E-state index contributed by atoms with van der Waals surface area (Å²) in [6, 6.07) is 0. The van der Waals surface area contributed by atoms with Crippen molar-refractivity contribution in [3.8, 4) is 0 Å². The standard InChI is InChI=1S/C11H14N4O8S/c1-11(13-14-11)3-2-7(16)12-5-9(18)23-15-8(17)4-6(10(15)19)24(20,21)22/h6H,2-5H2,1H3,(H,12,16)(H,20,21,22). The topological polar surface area (TPSA) is 172 Å². The Kier molecular flexibility index (Phi) is 4.66. The molecule has 0 aromatic carbocycles. The van der Waals surface area contributed by atoms with E-state index in [0.29, 0.717) is 6.42 Å². The van der Waals surface area contributed by atoms with Crippen LogP contribution < -0.4 is 5.32 Å². The van der Waals surface area contributed by atoms with Crippen LogP contribution >= 0.6 is 0 Å². The van der Waals surface area contributed by atoms with Crippen LogP contribution in [0.3, 0.4) is 0 Å². The third kappa shape index (κ3) is 4.32. The van der Waals surface area contributed by atoms with Crippen molar-refractivity contribution in [3.05, 3.63) is 0 Å². The van der Waals surface area contributed by atoms with Gasteiger partial charge in [0.05, 0.1) is 6.42 Å². The zero-order chi connectivity index (χ0) is 18.1. The SMILES string of the molecule is CC1(CCC(=O)NCC(=O)ON2C(=O)CC(S(=O)(=O)O)C2=O)N=N1. The summed E-state index contributed by atoms with van der Waals surface area (Å²) in [4.78, 5) is 50.6. The van der Waals surface area contributed by atoms with E-state index >= 15 is 0 Å². The molecule has 2 N–H and O–H groups in total. The molecule has 1 unspecified atom stereocenters. The summed E-state index contributed by atoms with van der Waals surface area (Å²) in [5.41, 5.74) is -0.558. The van der Waals surface area contributed by atoms with E-state index in [1.54, 1.807) is 6.92 Å². The van der Waals surface area contributed by atoms with Gasteiger partial charge in [-0.25, -0.2) is 4.79 Å². The lowest BCUT2D eigenvalue weighted by atomic mass is 10.1. The minimum Gasteiger partial charge on any atom is -0.345 e. The fourth-order valence-electron chi connectivity index (χ4n) is 1.84. The van der Waals surface area contributed by atoms with Crippen molar-refractivity contribution in [2.75, 3.05) is 6.54 Å². The first-order chi connectivity index (χ1) is 11.0. The largest absolute Gasteiger partial charge is 0.352 e. The molecule has 2 rings (SSSR count). The number of amides is 3. The van der Waals surface area contributed by atoms with E-state index in [2.05, 4.69) is 20.4 Å². The van der Waals surface area contributed by atoms with E-state index in [-0.39, 0.29) is 11.5 Å². The first-order valence-electron chi connectivity index (χ1n) is 6.76. The maximum atomic E-state index is 11.6. The molecular formula is C11H14N4O8S. The highest BCUT2D eigenvalue weighted by Crippen LogP contribution is 2.31. The predicted octanol–water partition coefficient (Wildman–Crippen LogP) is -1.46. The van der Waals surface area contributed by atoms with Gasteiger partial charge in [-0.1, -0.05) is 0 Å². The van der Waals surface area contributed by atoms with Gasteiger partial charge in [-0.2, -0.15) is 18.6 Å². The quantitative estimate of drug-likeness (QED) is 0.408. The maximum absolute atomic E-state index is 11.6. The highest BCUT2D eigenvalue weighted by atomic mass is 32.2. The van der Waals surface area contributed by atoms with E-state index in [4.69, 9.17) is 4.55 Å². The molecule has 1 saturated heterocycles. The first kappa shape index (κ1) is 17.9. The summed E-state index contributed by atoms with van der Waals surface area (Å²) in [6.07, 6.45) is -0.404. The monoisotopic (exact) mass is 362 g/mol. The summed E-state index contributed by atoms with van der Waals surface area (Å²) >= 11 is 0. The molecule has 0 saturated carbocycles. The summed E-state index contributed by atoms with van der Waals surface area (Å²) in [7, 11) is -4.79. The van der Waals surface area contributed by atoms with E-state index in [0.717, 1.165) is 0 Å². The molecule has 12 nitrogen and oxygen atoms in total. The summed E-state index contributed by atoms with van der Waals surface area (Å²) in [5, 5.41) is 7.61. The highest BCUT2D eigenvalue weighted by molar-refractivity contribution is 7.87. The number of carbonyl (C=O) groups excluding carboxylic acids is 4. The fourth-order valence-corrected chi connectivity index (χ4v) is 2.54. The van der Waals surface area contributed by atoms with Crippen molar-refractivity contribution >= 4 is 33.8 Å². The Hall–Kier alpha value is -2.41. The van der Waals surface area contributed by atoms with Crippen LogP contribution in [0.1, 0.15) is 26.2 Å². The van der Waals surface area contributed by atoms with Gasteiger partial charge in [0.15, 0.2) is 10.9 Å². The van der Waals surface area contributed by atoms with E-state index in [1.165, 1.54) is 0 Å². The molecule has 13 heteroatoms. The lowest BCUT2D eigenvalue weighted by Gasteiger charge is -2.13. The molecule has 0 bridgehead atoms. The number of hydroxylamine groups is 2. The number of imide groups is 1. The van der Waals surface area contributed by atoms with Crippen LogP contribution in [-0.4, -0.2) is 59.2 Å². The summed E-state index contributed by atoms with van der Waals surface area (Å²) in [6.45, 7) is 1.10. The Morgan fingerprint density at radius 1 is 1.42 bits per heavy atom. The molecule has 3 amide bonds. The van der Waals surface area contributed by atoms with Gasteiger partial charge in [0.1, 0.15) is 6.54 Å². The molecule has 2 aliphatic heterocycles. The van der Waals surface area contributed by atoms with Crippen LogP contribution in [0.5, 0.6) is 0 Å². The van der Waals surface area contributed by atoms with Gasteiger partial charge in [-0.15, -0.1) is 5.06 Å². The molecule has 0 aromatic rings. The first-order valence-corrected chi connectivity index (χ1v) is 8.27. The number of rotatable bonds is 7. The molecule has 132 valence electrons. The average molecular weight is 362 g/mol. The van der Waals surface area contributed by atoms with Crippen molar-refractivity contribution in [1.82, 2.24) is 10.4 Å². The molecule has 2 aliphatic rings. The van der Waals surface area contributed by atoms with E-state index < -0.39 is 57.7 Å². The molecule has 0 spiro atoms.